The molecule has 0 spiro atoms. The highest BCUT2D eigenvalue weighted by Gasteiger charge is 2.21. The van der Waals surface area contributed by atoms with E-state index < -0.39 is 5.92 Å². The van der Waals surface area contributed by atoms with Gasteiger partial charge in [-0.15, -0.1) is 0 Å². The third kappa shape index (κ3) is 3.73. The van der Waals surface area contributed by atoms with E-state index in [1.807, 2.05) is 6.07 Å². The Morgan fingerprint density at radius 1 is 1.43 bits per heavy atom. The number of hydrogen-bond donors (Lipinski definition) is 2. The zero-order valence-corrected chi connectivity index (χ0v) is 8.31. The van der Waals surface area contributed by atoms with Gasteiger partial charge in [-0.05, 0) is 6.42 Å². The molecule has 0 aliphatic carbocycles. The monoisotopic (exact) mass is 200 g/mol. The second kappa shape index (κ2) is 7.30. The predicted octanol–water partition coefficient (Wildman–Crippen LogP) is -0.651. The van der Waals surface area contributed by atoms with Crippen LogP contribution in [0.1, 0.15) is 13.3 Å². The van der Waals surface area contributed by atoms with Gasteiger partial charge in [0, 0.05) is 13.1 Å². The molecule has 5 heteroatoms. The van der Waals surface area contributed by atoms with E-state index in [0.717, 1.165) is 0 Å². The number of rotatable bonds is 6. The summed E-state index contributed by atoms with van der Waals surface area (Å²) in [5.74, 6) is -0.994. The van der Waals surface area contributed by atoms with Gasteiger partial charge in [0.2, 0.25) is 5.91 Å². The van der Waals surface area contributed by atoms with Crippen LogP contribution in [0.15, 0.2) is 0 Å². The van der Waals surface area contributed by atoms with Crippen molar-refractivity contribution in [2.45, 2.75) is 13.3 Å². The normalized spacial score (nSPS) is 11.9. The van der Waals surface area contributed by atoms with Crippen LogP contribution in [0, 0.1) is 17.2 Å². The minimum atomic E-state index is -0.673. The van der Waals surface area contributed by atoms with E-state index in [0.29, 0.717) is 6.42 Å². The smallest absolute Gasteiger partial charge is 0.240 e. The fourth-order valence-electron chi connectivity index (χ4n) is 1.12. The van der Waals surface area contributed by atoms with Crippen molar-refractivity contribution in [1.29, 1.82) is 5.26 Å². The third-order valence-electron chi connectivity index (χ3n) is 1.91. The molecule has 1 atom stereocenters. The molecule has 0 heterocycles. The molecule has 0 aliphatic heterocycles. The van der Waals surface area contributed by atoms with Crippen molar-refractivity contribution in [2.24, 2.45) is 5.92 Å². The Balaban J connectivity index is 4.34. The maximum Gasteiger partial charge on any atom is 0.240 e. The molecule has 0 rings (SSSR count). The average molecular weight is 200 g/mol. The maximum absolute atomic E-state index is 11.6. The summed E-state index contributed by atoms with van der Waals surface area (Å²) >= 11 is 0. The number of nitrogens with zero attached hydrogens (tertiary/aromatic N) is 2. The molecule has 0 aromatic carbocycles. The van der Waals surface area contributed by atoms with E-state index in [2.05, 4.69) is 0 Å². The second-order valence-corrected chi connectivity index (χ2v) is 2.86. The first-order chi connectivity index (χ1) is 6.71. The molecular weight excluding hydrogens is 184 g/mol. The van der Waals surface area contributed by atoms with Crippen molar-refractivity contribution in [1.82, 2.24) is 4.90 Å². The minimum Gasteiger partial charge on any atom is -0.395 e. The topological polar surface area (TPSA) is 84.6 Å². The summed E-state index contributed by atoms with van der Waals surface area (Å²) in [5, 5.41) is 26.0. The molecule has 0 aliphatic rings. The zero-order chi connectivity index (χ0) is 11.0. The molecule has 0 saturated carbocycles. The Morgan fingerprint density at radius 3 is 2.21 bits per heavy atom. The molecule has 2 N–H and O–H groups in total. The van der Waals surface area contributed by atoms with Crippen LogP contribution >= 0.6 is 0 Å². The van der Waals surface area contributed by atoms with E-state index in [4.69, 9.17) is 15.5 Å². The quantitative estimate of drug-likeness (QED) is 0.596. The molecular formula is C9H16N2O3. The molecule has 0 saturated heterocycles. The van der Waals surface area contributed by atoms with Crippen LogP contribution in [0.4, 0.5) is 0 Å². The highest BCUT2D eigenvalue weighted by Crippen LogP contribution is 2.06. The predicted molar refractivity (Wildman–Crippen MR) is 50.1 cm³/mol. The standard InChI is InChI=1S/C9H16N2O3/c1-2-8(7-10)9(14)11(3-5-12)4-6-13/h8,12-13H,2-6H2,1H3. The summed E-state index contributed by atoms with van der Waals surface area (Å²) in [7, 11) is 0. The summed E-state index contributed by atoms with van der Waals surface area (Å²) in [6, 6.07) is 1.89. The van der Waals surface area contributed by atoms with Gasteiger partial charge in [0.25, 0.3) is 0 Å². The van der Waals surface area contributed by atoms with Crippen molar-refractivity contribution >= 4 is 5.91 Å². The first kappa shape index (κ1) is 12.9. The summed E-state index contributed by atoms with van der Waals surface area (Å²) in [4.78, 5) is 12.9. The van der Waals surface area contributed by atoms with Gasteiger partial charge >= 0.3 is 0 Å². The van der Waals surface area contributed by atoms with Gasteiger partial charge in [0.15, 0.2) is 0 Å². The van der Waals surface area contributed by atoms with Gasteiger partial charge in [0.05, 0.1) is 19.3 Å². The van der Waals surface area contributed by atoms with Gasteiger partial charge in [0.1, 0.15) is 5.92 Å². The van der Waals surface area contributed by atoms with E-state index in [9.17, 15) is 4.79 Å². The number of hydrogen-bond acceptors (Lipinski definition) is 4. The third-order valence-corrected chi connectivity index (χ3v) is 1.91. The van der Waals surface area contributed by atoms with Crippen molar-refractivity contribution in [3.63, 3.8) is 0 Å². The molecule has 0 bridgehead atoms. The molecule has 5 nitrogen and oxygen atoms in total. The highest BCUT2D eigenvalue weighted by molar-refractivity contribution is 5.81. The fraction of sp³-hybridized carbons (Fsp3) is 0.778. The van der Waals surface area contributed by atoms with Gasteiger partial charge in [-0.2, -0.15) is 5.26 Å². The minimum absolute atomic E-state index is 0.159. The van der Waals surface area contributed by atoms with Gasteiger partial charge in [-0.3, -0.25) is 4.79 Å². The van der Waals surface area contributed by atoms with Crippen LogP contribution in [0.25, 0.3) is 0 Å². The van der Waals surface area contributed by atoms with Crippen LogP contribution in [0.3, 0.4) is 0 Å². The summed E-state index contributed by atoms with van der Waals surface area (Å²) < 4.78 is 0. The van der Waals surface area contributed by atoms with Gasteiger partial charge < -0.3 is 15.1 Å². The summed E-state index contributed by atoms with van der Waals surface area (Å²) in [6.07, 6.45) is 0.447. The van der Waals surface area contributed by atoms with Crippen molar-refractivity contribution in [3.8, 4) is 6.07 Å². The SMILES string of the molecule is CCC(C#N)C(=O)N(CCO)CCO. The van der Waals surface area contributed by atoms with Gasteiger partial charge in [-0.25, -0.2) is 0 Å². The van der Waals surface area contributed by atoms with Crippen LogP contribution in [-0.4, -0.2) is 47.3 Å². The lowest BCUT2D eigenvalue weighted by Crippen LogP contribution is -2.39. The van der Waals surface area contributed by atoms with Crippen molar-refractivity contribution in [2.75, 3.05) is 26.3 Å². The van der Waals surface area contributed by atoms with E-state index >= 15 is 0 Å². The summed E-state index contributed by atoms with van der Waals surface area (Å²) in [6.45, 7) is 1.76. The molecule has 0 fully saturated rings. The average Bonchev–Trinajstić information content (AvgIpc) is 2.19. The van der Waals surface area contributed by atoms with Crippen LogP contribution in [0.2, 0.25) is 0 Å². The zero-order valence-electron chi connectivity index (χ0n) is 8.31. The van der Waals surface area contributed by atoms with Crippen LogP contribution < -0.4 is 0 Å². The number of nitriles is 1. The highest BCUT2D eigenvalue weighted by atomic mass is 16.3. The molecule has 0 aromatic rings. The molecule has 0 aromatic heterocycles. The number of aliphatic hydroxyl groups excluding tert-OH is 2. The Morgan fingerprint density at radius 2 is 1.93 bits per heavy atom. The summed E-state index contributed by atoms with van der Waals surface area (Å²) in [5.41, 5.74) is 0. The largest absolute Gasteiger partial charge is 0.395 e. The van der Waals surface area contributed by atoms with Crippen LogP contribution in [0.5, 0.6) is 0 Å². The molecule has 1 amide bonds. The van der Waals surface area contributed by atoms with Gasteiger partial charge in [-0.1, -0.05) is 6.92 Å². The number of amides is 1. The molecule has 80 valence electrons. The second-order valence-electron chi connectivity index (χ2n) is 2.86. The fourth-order valence-corrected chi connectivity index (χ4v) is 1.12. The lowest BCUT2D eigenvalue weighted by Gasteiger charge is -2.22. The number of carbonyl (C=O) groups is 1. The van der Waals surface area contributed by atoms with Crippen LogP contribution in [-0.2, 0) is 4.79 Å². The lowest BCUT2D eigenvalue weighted by molar-refractivity contribution is -0.134. The molecule has 0 radical (unpaired) electrons. The first-order valence-electron chi connectivity index (χ1n) is 4.61. The first-order valence-corrected chi connectivity index (χ1v) is 4.61. The lowest BCUT2D eigenvalue weighted by atomic mass is 10.1. The Hall–Kier alpha value is -1.12. The number of aliphatic hydroxyl groups is 2. The van der Waals surface area contributed by atoms with Crippen molar-refractivity contribution in [3.05, 3.63) is 0 Å². The molecule has 14 heavy (non-hydrogen) atoms. The number of carbonyl (C=O) groups excluding carboxylic acids is 1. The van der Waals surface area contributed by atoms with Crippen molar-refractivity contribution < 1.29 is 15.0 Å². The Labute approximate surface area is 83.6 Å². The Bertz CT molecular complexity index is 207. The van der Waals surface area contributed by atoms with E-state index in [-0.39, 0.29) is 32.2 Å². The Kier molecular flexibility index (Phi) is 6.72. The van der Waals surface area contributed by atoms with E-state index in [1.165, 1.54) is 4.90 Å². The molecule has 1 unspecified atom stereocenters. The van der Waals surface area contributed by atoms with E-state index in [1.54, 1.807) is 6.92 Å². The maximum atomic E-state index is 11.6.